The fourth-order valence-corrected chi connectivity index (χ4v) is 2.29. The molecule has 0 spiro atoms. The summed E-state index contributed by atoms with van der Waals surface area (Å²) in [5.74, 6) is 0. The fourth-order valence-electron chi connectivity index (χ4n) is 1.84. The predicted molar refractivity (Wildman–Crippen MR) is 76.8 cm³/mol. The van der Waals surface area contributed by atoms with Crippen LogP contribution in [0.4, 0.5) is 0 Å². The first-order valence-electron chi connectivity index (χ1n) is 5.66. The maximum atomic E-state index is 6.17. The molecule has 0 N–H and O–H groups in total. The molecule has 0 bridgehead atoms. The first kappa shape index (κ1) is 12.2. The Kier molecular flexibility index (Phi) is 3.23. The van der Waals surface area contributed by atoms with Crippen molar-refractivity contribution in [3.63, 3.8) is 0 Å². The van der Waals surface area contributed by atoms with Crippen molar-refractivity contribution in [3.8, 4) is 16.8 Å². The van der Waals surface area contributed by atoms with Gasteiger partial charge in [-0.05, 0) is 18.2 Å². The van der Waals surface area contributed by atoms with Crippen molar-refractivity contribution in [1.82, 2.24) is 14.8 Å². The van der Waals surface area contributed by atoms with E-state index in [4.69, 9.17) is 23.2 Å². The monoisotopic (exact) mass is 289 g/mol. The minimum absolute atomic E-state index is 0.413. The smallest absolute Gasteiger partial charge is 0.154 e. The third-order valence-corrected chi connectivity index (χ3v) is 3.37. The van der Waals surface area contributed by atoms with Crippen molar-refractivity contribution >= 4 is 23.2 Å². The SMILES string of the molecule is Clc1ccccc1-c1cnn(-c2cccnc2Cl)c1. The van der Waals surface area contributed by atoms with Gasteiger partial charge in [-0.3, -0.25) is 0 Å². The zero-order valence-electron chi connectivity index (χ0n) is 9.79. The van der Waals surface area contributed by atoms with Gasteiger partial charge in [-0.25, -0.2) is 9.67 Å². The van der Waals surface area contributed by atoms with Crippen LogP contribution in [-0.4, -0.2) is 14.8 Å². The molecule has 3 rings (SSSR count). The zero-order valence-corrected chi connectivity index (χ0v) is 11.3. The lowest BCUT2D eigenvalue weighted by Crippen LogP contribution is -1.95. The van der Waals surface area contributed by atoms with Crippen molar-refractivity contribution in [2.45, 2.75) is 0 Å². The van der Waals surface area contributed by atoms with Gasteiger partial charge in [0.25, 0.3) is 0 Å². The zero-order chi connectivity index (χ0) is 13.2. The summed E-state index contributed by atoms with van der Waals surface area (Å²) >= 11 is 12.2. The van der Waals surface area contributed by atoms with E-state index in [1.165, 1.54) is 0 Å². The molecule has 0 amide bonds. The lowest BCUT2D eigenvalue weighted by atomic mass is 10.1. The second kappa shape index (κ2) is 5.03. The van der Waals surface area contributed by atoms with E-state index < -0.39 is 0 Å². The Morgan fingerprint density at radius 2 is 1.84 bits per heavy atom. The van der Waals surface area contributed by atoms with E-state index in [0.717, 1.165) is 16.8 Å². The van der Waals surface area contributed by atoms with Crippen molar-refractivity contribution in [2.24, 2.45) is 0 Å². The molecule has 0 saturated carbocycles. The highest BCUT2D eigenvalue weighted by Crippen LogP contribution is 2.28. The number of aromatic nitrogens is 3. The average Bonchev–Trinajstić information content (AvgIpc) is 2.89. The molecular formula is C14H9Cl2N3. The molecule has 0 aliphatic rings. The first-order chi connectivity index (χ1) is 9.25. The summed E-state index contributed by atoms with van der Waals surface area (Å²) in [4.78, 5) is 4.03. The summed E-state index contributed by atoms with van der Waals surface area (Å²) in [5, 5.41) is 5.41. The van der Waals surface area contributed by atoms with E-state index >= 15 is 0 Å². The summed E-state index contributed by atoms with van der Waals surface area (Å²) in [6.45, 7) is 0. The summed E-state index contributed by atoms with van der Waals surface area (Å²) < 4.78 is 1.69. The van der Waals surface area contributed by atoms with E-state index in [1.807, 2.05) is 42.6 Å². The standard InChI is InChI=1S/C14H9Cl2N3/c15-12-5-2-1-4-11(12)10-8-18-19(9-10)13-6-3-7-17-14(13)16/h1-9H. The number of hydrogen-bond acceptors (Lipinski definition) is 2. The van der Waals surface area contributed by atoms with Gasteiger partial charge < -0.3 is 0 Å². The second-order valence-corrected chi connectivity index (χ2v) is 4.73. The van der Waals surface area contributed by atoms with Crippen molar-refractivity contribution in [3.05, 3.63) is 65.2 Å². The van der Waals surface area contributed by atoms with Gasteiger partial charge in [-0.15, -0.1) is 0 Å². The van der Waals surface area contributed by atoms with Crippen LogP contribution in [-0.2, 0) is 0 Å². The maximum absolute atomic E-state index is 6.17. The highest BCUT2D eigenvalue weighted by molar-refractivity contribution is 6.33. The average molecular weight is 290 g/mol. The number of nitrogens with zero attached hydrogens (tertiary/aromatic N) is 3. The van der Waals surface area contributed by atoms with Crippen LogP contribution in [0.3, 0.4) is 0 Å². The van der Waals surface area contributed by atoms with Gasteiger partial charge in [-0.1, -0.05) is 41.4 Å². The second-order valence-electron chi connectivity index (χ2n) is 3.97. The lowest BCUT2D eigenvalue weighted by molar-refractivity contribution is 0.874. The van der Waals surface area contributed by atoms with Gasteiger partial charge >= 0.3 is 0 Å². The van der Waals surface area contributed by atoms with Crippen LogP contribution in [0.5, 0.6) is 0 Å². The third kappa shape index (κ3) is 2.35. The topological polar surface area (TPSA) is 30.7 Å². The largest absolute Gasteiger partial charge is 0.242 e. The minimum atomic E-state index is 0.413. The van der Waals surface area contributed by atoms with Crippen molar-refractivity contribution in [1.29, 1.82) is 0 Å². The molecule has 0 atom stereocenters. The van der Waals surface area contributed by atoms with Gasteiger partial charge in [0.05, 0.1) is 6.20 Å². The molecule has 0 radical (unpaired) electrons. The lowest BCUT2D eigenvalue weighted by Gasteiger charge is -2.02. The Morgan fingerprint density at radius 1 is 1.00 bits per heavy atom. The molecule has 0 aliphatic heterocycles. The number of pyridine rings is 1. The van der Waals surface area contributed by atoms with E-state index in [0.29, 0.717) is 10.2 Å². The Morgan fingerprint density at radius 3 is 2.63 bits per heavy atom. The fraction of sp³-hybridized carbons (Fsp3) is 0. The van der Waals surface area contributed by atoms with E-state index in [-0.39, 0.29) is 0 Å². The van der Waals surface area contributed by atoms with Gasteiger partial charge in [0.1, 0.15) is 5.69 Å². The molecule has 0 aliphatic carbocycles. The molecular weight excluding hydrogens is 281 g/mol. The quantitative estimate of drug-likeness (QED) is 0.661. The Labute approximate surface area is 120 Å². The van der Waals surface area contributed by atoms with E-state index in [2.05, 4.69) is 10.1 Å². The number of benzene rings is 1. The highest BCUT2D eigenvalue weighted by Gasteiger charge is 2.08. The van der Waals surface area contributed by atoms with Gasteiger partial charge in [0.2, 0.25) is 0 Å². The molecule has 0 saturated heterocycles. The third-order valence-electron chi connectivity index (χ3n) is 2.75. The van der Waals surface area contributed by atoms with Gasteiger partial charge in [0, 0.05) is 28.5 Å². The van der Waals surface area contributed by atoms with Crippen molar-refractivity contribution < 1.29 is 0 Å². The molecule has 1 aromatic carbocycles. The number of hydrogen-bond donors (Lipinski definition) is 0. The van der Waals surface area contributed by atoms with Gasteiger partial charge in [-0.2, -0.15) is 5.10 Å². The molecule has 3 nitrogen and oxygen atoms in total. The van der Waals surface area contributed by atoms with Crippen LogP contribution in [0.15, 0.2) is 55.0 Å². The molecule has 94 valence electrons. The maximum Gasteiger partial charge on any atom is 0.154 e. The van der Waals surface area contributed by atoms with Crippen LogP contribution in [0.25, 0.3) is 16.8 Å². The Balaban J connectivity index is 2.06. The Bertz CT molecular complexity index is 662. The highest BCUT2D eigenvalue weighted by atomic mass is 35.5. The predicted octanol–water partition coefficient (Wildman–Crippen LogP) is 4.24. The summed E-state index contributed by atoms with van der Waals surface area (Å²) in [6, 6.07) is 11.3. The van der Waals surface area contributed by atoms with E-state index in [1.54, 1.807) is 17.1 Å². The summed E-state index contributed by atoms with van der Waals surface area (Å²) in [6.07, 6.45) is 5.28. The Hall–Kier alpha value is -1.84. The summed E-state index contributed by atoms with van der Waals surface area (Å²) in [5.41, 5.74) is 2.61. The molecule has 3 aromatic rings. The molecule has 0 fully saturated rings. The molecule has 0 unspecified atom stereocenters. The van der Waals surface area contributed by atoms with Crippen molar-refractivity contribution in [2.75, 3.05) is 0 Å². The summed E-state index contributed by atoms with van der Waals surface area (Å²) in [7, 11) is 0. The van der Waals surface area contributed by atoms with Crippen LogP contribution in [0.1, 0.15) is 0 Å². The normalized spacial score (nSPS) is 10.6. The molecule has 2 heterocycles. The van der Waals surface area contributed by atoms with E-state index in [9.17, 15) is 0 Å². The minimum Gasteiger partial charge on any atom is -0.242 e. The van der Waals surface area contributed by atoms with Crippen LogP contribution < -0.4 is 0 Å². The van der Waals surface area contributed by atoms with Gasteiger partial charge in [0.15, 0.2) is 5.15 Å². The number of halogens is 2. The van der Waals surface area contributed by atoms with Crippen LogP contribution in [0, 0.1) is 0 Å². The van der Waals surface area contributed by atoms with Crippen LogP contribution >= 0.6 is 23.2 Å². The molecule has 5 heteroatoms. The molecule has 19 heavy (non-hydrogen) atoms. The molecule has 2 aromatic heterocycles. The van der Waals surface area contributed by atoms with Crippen LogP contribution in [0.2, 0.25) is 10.2 Å². The number of rotatable bonds is 2. The first-order valence-corrected chi connectivity index (χ1v) is 6.42.